The highest BCUT2D eigenvalue weighted by Gasteiger charge is 2.18. The first-order chi connectivity index (χ1) is 12.2. The van der Waals surface area contributed by atoms with Crippen molar-refractivity contribution in [1.29, 1.82) is 5.26 Å². The quantitative estimate of drug-likeness (QED) is 0.717. The standard InChI is InChI=1S/C21H21N3O/c1-15-8-10-24(14-15)11-9-21-23-19-12-18(6-7-20(19)25-21)17-4-2-16(13-22)3-5-17/h2-7,12,15H,8-11,14H2,1H3/t15-/m1/s1. The first-order valence-electron chi connectivity index (χ1n) is 8.83. The Morgan fingerprint density at radius 2 is 2.00 bits per heavy atom. The third-order valence-electron chi connectivity index (χ3n) is 4.93. The van der Waals surface area contributed by atoms with Crippen LogP contribution < -0.4 is 0 Å². The van der Waals surface area contributed by atoms with Crippen LogP contribution in [0.3, 0.4) is 0 Å². The number of fused-ring (bicyclic) bond motifs is 1. The summed E-state index contributed by atoms with van der Waals surface area (Å²) in [6, 6.07) is 15.8. The fourth-order valence-electron chi connectivity index (χ4n) is 3.48. The fraction of sp³-hybridized carbons (Fsp3) is 0.333. The highest BCUT2D eigenvalue weighted by atomic mass is 16.3. The normalized spacial score (nSPS) is 17.8. The lowest BCUT2D eigenvalue weighted by Gasteiger charge is -2.13. The van der Waals surface area contributed by atoms with Gasteiger partial charge in [-0.15, -0.1) is 0 Å². The summed E-state index contributed by atoms with van der Waals surface area (Å²) in [5, 5.41) is 8.91. The average molecular weight is 331 g/mol. The van der Waals surface area contributed by atoms with Gasteiger partial charge >= 0.3 is 0 Å². The van der Waals surface area contributed by atoms with Gasteiger partial charge in [0.2, 0.25) is 0 Å². The van der Waals surface area contributed by atoms with Crippen molar-refractivity contribution in [3.05, 3.63) is 53.9 Å². The average Bonchev–Trinajstić information content (AvgIpc) is 3.24. The number of hydrogen-bond donors (Lipinski definition) is 0. The second kappa shape index (κ2) is 6.70. The van der Waals surface area contributed by atoms with Crippen LogP contribution >= 0.6 is 0 Å². The summed E-state index contributed by atoms with van der Waals surface area (Å²) >= 11 is 0. The van der Waals surface area contributed by atoms with Crippen LogP contribution in [0.5, 0.6) is 0 Å². The van der Waals surface area contributed by atoms with Gasteiger partial charge in [0.25, 0.3) is 0 Å². The number of hydrogen-bond acceptors (Lipinski definition) is 4. The van der Waals surface area contributed by atoms with E-state index in [1.54, 1.807) is 0 Å². The van der Waals surface area contributed by atoms with Gasteiger partial charge in [0.1, 0.15) is 5.52 Å². The van der Waals surface area contributed by atoms with Crippen LogP contribution in [-0.4, -0.2) is 29.5 Å². The predicted molar refractivity (Wildman–Crippen MR) is 98.1 cm³/mol. The minimum absolute atomic E-state index is 0.671. The SMILES string of the molecule is C[C@@H]1CCN(CCc2nc3cc(-c4ccc(C#N)cc4)ccc3o2)C1. The van der Waals surface area contributed by atoms with E-state index >= 15 is 0 Å². The third kappa shape index (κ3) is 3.42. The molecule has 0 bridgehead atoms. The first-order valence-corrected chi connectivity index (χ1v) is 8.83. The van der Waals surface area contributed by atoms with Crippen LogP contribution in [0.25, 0.3) is 22.2 Å². The van der Waals surface area contributed by atoms with Gasteiger partial charge in [-0.3, -0.25) is 0 Å². The van der Waals surface area contributed by atoms with E-state index < -0.39 is 0 Å². The molecule has 1 aromatic heterocycles. The minimum atomic E-state index is 0.671. The molecule has 0 amide bonds. The van der Waals surface area contributed by atoms with Crippen LogP contribution in [0.2, 0.25) is 0 Å². The molecule has 0 unspecified atom stereocenters. The Morgan fingerprint density at radius 1 is 1.20 bits per heavy atom. The van der Waals surface area contributed by atoms with E-state index in [0.29, 0.717) is 5.56 Å². The molecular weight excluding hydrogens is 310 g/mol. The number of likely N-dealkylation sites (tertiary alicyclic amines) is 1. The molecule has 0 aliphatic carbocycles. The number of nitrogens with zero attached hydrogens (tertiary/aromatic N) is 3. The molecule has 25 heavy (non-hydrogen) atoms. The Bertz CT molecular complexity index is 920. The van der Waals surface area contributed by atoms with Crippen molar-refractivity contribution in [3.8, 4) is 17.2 Å². The molecule has 0 radical (unpaired) electrons. The molecule has 4 nitrogen and oxygen atoms in total. The number of aromatic nitrogens is 1. The van der Waals surface area contributed by atoms with Gasteiger partial charge in [-0.2, -0.15) is 5.26 Å². The summed E-state index contributed by atoms with van der Waals surface area (Å²) in [7, 11) is 0. The number of oxazole rings is 1. The molecule has 0 saturated carbocycles. The summed E-state index contributed by atoms with van der Waals surface area (Å²) in [6.07, 6.45) is 2.15. The number of rotatable bonds is 4. The summed E-state index contributed by atoms with van der Waals surface area (Å²) in [6.45, 7) is 5.69. The molecule has 1 fully saturated rings. The molecule has 126 valence electrons. The molecule has 2 heterocycles. The highest BCUT2D eigenvalue weighted by molar-refractivity contribution is 5.80. The van der Waals surface area contributed by atoms with E-state index in [2.05, 4.69) is 28.9 Å². The largest absolute Gasteiger partial charge is 0.441 e. The van der Waals surface area contributed by atoms with Crippen LogP contribution in [0.15, 0.2) is 46.9 Å². The predicted octanol–water partition coefficient (Wildman–Crippen LogP) is 4.25. The van der Waals surface area contributed by atoms with E-state index in [4.69, 9.17) is 9.68 Å². The van der Waals surface area contributed by atoms with Crippen molar-refractivity contribution >= 4 is 11.1 Å². The topological polar surface area (TPSA) is 53.1 Å². The van der Waals surface area contributed by atoms with Crippen molar-refractivity contribution in [2.45, 2.75) is 19.8 Å². The van der Waals surface area contributed by atoms with Crippen molar-refractivity contribution < 1.29 is 4.42 Å². The fourth-order valence-corrected chi connectivity index (χ4v) is 3.48. The Morgan fingerprint density at radius 3 is 2.72 bits per heavy atom. The van der Waals surface area contributed by atoms with Gasteiger partial charge in [-0.05, 0) is 54.3 Å². The van der Waals surface area contributed by atoms with Crippen LogP contribution in [0.4, 0.5) is 0 Å². The maximum absolute atomic E-state index is 8.91. The lowest BCUT2D eigenvalue weighted by atomic mass is 10.0. The van der Waals surface area contributed by atoms with E-state index in [9.17, 15) is 0 Å². The smallest absolute Gasteiger partial charge is 0.196 e. The molecule has 0 N–H and O–H groups in total. The van der Waals surface area contributed by atoms with E-state index in [0.717, 1.165) is 47.0 Å². The Hall–Kier alpha value is -2.64. The zero-order valence-electron chi connectivity index (χ0n) is 14.4. The lowest BCUT2D eigenvalue weighted by Crippen LogP contribution is -2.23. The zero-order valence-corrected chi connectivity index (χ0v) is 14.4. The summed E-state index contributed by atoms with van der Waals surface area (Å²) in [5.41, 5.74) is 4.57. The minimum Gasteiger partial charge on any atom is -0.441 e. The van der Waals surface area contributed by atoms with Gasteiger partial charge in [0.05, 0.1) is 11.6 Å². The Labute approximate surface area is 147 Å². The van der Waals surface area contributed by atoms with Crippen LogP contribution in [0.1, 0.15) is 24.8 Å². The van der Waals surface area contributed by atoms with Gasteiger partial charge < -0.3 is 9.32 Å². The van der Waals surface area contributed by atoms with Crippen molar-refractivity contribution in [1.82, 2.24) is 9.88 Å². The summed E-state index contributed by atoms with van der Waals surface area (Å²) in [4.78, 5) is 7.15. The Balaban J connectivity index is 1.51. The Kier molecular flexibility index (Phi) is 4.25. The second-order valence-corrected chi connectivity index (χ2v) is 6.92. The molecule has 1 aliphatic rings. The first kappa shape index (κ1) is 15.9. The molecule has 4 heteroatoms. The molecule has 1 atom stereocenters. The van der Waals surface area contributed by atoms with Gasteiger partial charge in [0.15, 0.2) is 11.5 Å². The van der Waals surface area contributed by atoms with Crippen molar-refractivity contribution in [2.75, 3.05) is 19.6 Å². The molecule has 0 spiro atoms. The van der Waals surface area contributed by atoms with Gasteiger partial charge in [-0.1, -0.05) is 25.1 Å². The molecule has 4 rings (SSSR count). The molecule has 1 aliphatic heterocycles. The van der Waals surface area contributed by atoms with E-state index in [-0.39, 0.29) is 0 Å². The van der Waals surface area contributed by atoms with Crippen molar-refractivity contribution in [2.24, 2.45) is 5.92 Å². The number of benzene rings is 2. The molecular formula is C21H21N3O. The lowest BCUT2D eigenvalue weighted by molar-refractivity contribution is 0.320. The maximum Gasteiger partial charge on any atom is 0.196 e. The van der Waals surface area contributed by atoms with Gasteiger partial charge in [0, 0.05) is 19.5 Å². The number of nitriles is 1. The summed E-state index contributed by atoms with van der Waals surface area (Å²) < 4.78 is 5.90. The van der Waals surface area contributed by atoms with E-state index in [1.165, 1.54) is 19.5 Å². The van der Waals surface area contributed by atoms with E-state index in [1.807, 2.05) is 36.4 Å². The van der Waals surface area contributed by atoms with Crippen LogP contribution in [0, 0.1) is 17.2 Å². The second-order valence-electron chi connectivity index (χ2n) is 6.92. The highest BCUT2D eigenvalue weighted by Crippen LogP contribution is 2.25. The molecule has 3 aromatic rings. The summed E-state index contributed by atoms with van der Waals surface area (Å²) in [5.74, 6) is 1.62. The third-order valence-corrected chi connectivity index (χ3v) is 4.93. The monoisotopic (exact) mass is 331 g/mol. The van der Waals surface area contributed by atoms with Crippen LogP contribution in [-0.2, 0) is 6.42 Å². The molecule has 2 aromatic carbocycles. The maximum atomic E-state index is 8.91. The van der Waals surface area contributed by atoms with Gasteiger partial charge in [-0.25, -0.2) is 4.98 Å². The molecule has 1 saturated heterocycles. The zero-order chi connectivity index (χ0) is 17.2. The van der Waals surface area contributed by atoms with Crippen molar-refractivity contribution in [3.63, 3.8) is 0 Å².